The highest BCUT2D eigenvalue weighted by Crippen LogP contribution is 2.34. The monoisotopic (exact) mass is 474 g/mol. The lowest BCUT2D eigenvalue weighted by atomic mass is 9.89. The molecule has 3 aromatic heterocycles. The number of thiophene rings is 1. The Kier molecular flexibility index (Phi) is 6.16. The van der Waals surface area contributed by atoms with Gasteiger partial charge in [-0.3, -0.25) is 9.59 Å². The fourth-order valence-electron chi connectivity index (χ4n) is 4.52. The predicted molar refractivity (Wildman–Crippen MR) is 130 cm³/mol. The summed E-state index contributed by atoms with van der Waals surface area (Å²) in [6.07, 6.45) is 8.87. The summed E-state index contributed by atoms with van der Waals surface area (Å²) in [5.74, 6) is 2.15. The number of H-pyrrole nitrogens is 1. The average molecular weight is 475 g/mol. The number of aromatic amines is 1. The number of carbonyl (C=O) groups is 1. The maximum atomic E-state index is 12.6. The molecule has 5 rings (SSSR count). The number of nitrogens with zero attached hydrogens (tertiary/aromatic N) is 2. The van der Waals surface area contributed by atoms with Crippen molar-refractivity contribution >= 4 is 55.7 Å². The molecule has 2 aliphatic rings. The molecule has 2 aliphatic carbocycles. The van der Waals surface area contributed by atoms with E-state index in [2.05, 4.69) is 27.2 Å². The molecule has 2 N–H and O–H groups in total. The third kappa shape index (κ3) is 4.45. The third-order valence-corrected chi connectivity index (χ3v) is 9.38. The number of thioether (sulfide) groups is 1. The molecule has 1 atom stereocenters. The topological polar surface area (TPSA) is 87.7 Å². The number of carbonyl (C=O) groups excluding carboxylic acids is 1. The summed E-state index contributed by atoms with van der Waals surface area (Å²) >= 11 is 4.74. The Morgan fingerprint density at radius 2 is 2.06 bits per heavy atom. The number of thiazole rings is 1. The molecule has 6 nitrogen and oxygen atoms in total. The number of fused-ring (bicyclic) bond motifs is 4. The van der Waals surface area contributed by atoms with E-state index in [-0.39, 0.29) is 11.5 Å². The maximum Gasteiger partial charge on any atom is 0.259 e. The van der Waals surface area contributed by atoms with Crippen molar-refractivity contribution in [2.24, 2.45) is 5.92 Å². The Morgan fingerprint density at radius 3 is 2.94 bits per heavy atom. The summed E-state index contributed by atoms with van der Waals surface area (Å²) in [5.41, 5.74) is 2.32. The highest BCUT2D eigenvalue weighted by molar-refractivity contribution is 7.99. The molecule has 0 radical (unpaired) electrons. The molecule has 3 aromatic rings. The van der Waals surface area contributed by atoms with Gasteiger partial charge in [0.1, 0.15) is 10.7 Å². The first kappa shape index (κ1) is 21.2. The number of aromatic nitrogens is 3. The lowest BCUT2D eigenvalue weighted by Gasteiger charge is -2.18. The molecule has 1 amide bonds. The summed E-state index contributed by atoms with van der Waals surface area (Å²) in [6.45, 7) is 2.24. The van der Waals surface area contributed by atoms with Gasteiger partial charge < -0.3 is 10.3 Å². The molecule has 0 aliphatic heterocycles. The zero-order chi connectivity index (χ0) is 21.4. The van der Waals surface area contributed by atoms with E-state index in [1.807, 2.05) is 0 Å². The average Bonchev–Trinajstić information content (AvgIpc) is 3.33. The molecule has 3 heterocycles. The second-order valence-corrected chi connectivity index (χ2v) is 11.5. The third-order valence-electron chi connectivity index (χ3n) is 6.21. The molecule has 0 bridgehead atoms. The van der Waals surface area contributed by atoms with Gasteiger partial charge in [0.25, 0.3) is 5.56 Å². The van der Waals surface area contributed by atoms with Gasteiger partial charge in [0, 0.05) is 9.75 Å². The van der Waals surface area contributed by atoms with Crippen LogP contribution in [0.25, 0.3) is 10.2 Å². The highest BCUT2D eigenvalue weighted by Gasteiger charge is 2.22. The number of anilines is 1. The summed E-state index contributed by atoms with van der Waals surface area (Å²) in [6, 6.07) is 0. The Morgan fingerprint density at radius 1 is 1.19 bits per heavy atom. The number of rotatable bonds is 6. The van der Waals surface area contributed by atoms with E-state index in [0.717, 1.165) is 53.9 Å². The van der Waals surface area contributed by atoms with Crippen LogP contribution < -0.4 is 10.9 Å². The SMILES string of the molecule is CCC1CCc2nc(NC(=O)CSCc3nc4sc5c(c4c(=O)[nH]3)CCCC5)sc2C1. The van der Waals surface area contributed by atoms with Crippen LogP contribution in [0.15, 0.2) is 4.79 Å². The quantitative estimate of drug-likeness (QED) is 0.540. The zero-order valence-corrected chi connectivity index (χ0v) is 20.0. The normalized spacial score (nSPS) is 18.0. The van der Waals surface area contributed by atoms with Gasteiger partial charge in [-0.1, -0.05) is 13.3 Å². The van der Waals surface area contributed by atoms with Crippen LogP contribution in [0.2, 0.25) is 0 Å². The van der Waals surface area contributed by atoms with Crippen LogP contribution in [0.1, 0.15) is 59.4 Å². The van der Waals surface area contributed by atoms with Crippen molar-refractivity contribution in [3.63, 3.8) is 0 Å². The van der Waals surface area contributed by atoms with E-state index >= 15 is 0 Å². The smallest absolute Gasteiger partial charge is 0.259 e. The van der Waals surface area contributed by atoms with Crippen molar-refractivity contribution in [2.45, 2.75) is 64.0 Å². The Labute approximate surface area is 193 Å². The summed E-state index contributed by atoms with van der Waals surface area (Å²) in [4.78, 5) is 40.7. The first-order chi connectivity index (χ1) is 15.1. The fourth-order valence-corrected chi connectivity index (χ4v) is 7.63. The van der Waals surface area contributed by atoms with Gasteiger partial charge in [-0.2, -0.15) is 0 Å². The first-order valence-electron chi connectivity index (χ1n) is 11.0. The lowest BCUT2D eigenvalue weighted by molar-refractivity contribution is -0.113. The van der Waals surface area contributed by atoms with Crippen LogP contribution in [0.3, 0.4) is 0 Å². The van der Waals surface area contributed by atoms with Gasteiger partial charge in [0.05, 0.1) is 22.6 Å². The molecule has 0 saturated carbocycles. The first-order valence-corrected chi connectivity index (χ1v) is 13.8. The van der Waals surface area contributed by atoms with Crippen LogP contribution in [0, 0.1) is 5.92 Å². The Bertz CT molecular complexity index is 1180. The molecule has 1 unspecified atom stereocenters. The minimum Gasteiger partial charge on any atom is -0.309 e. The minimum absolute atomic E-state index is 0.0387. The standard InChI is InChI=1S/C22H26N4O2S3/c1-2-12-7-8-14-16(9-12)31-22(23-14)26-18(27)11-29-10-17-24-20(28)19-13-5-3-4-6-15(13)30-21(19)25-17/h12H,2-11H2,1H3,(H,23,26,27)(H,24,25,28). The van der Waals surface area contributed by atoms with E-state index in [4.69, 9.17) is 0 Å². The molecule has 0 saturated heterocycles. The van der Waals surface area contributed by atoms with E-state index in [9.17, 15) is 9.59 Å². The van der Waals surface area contributed by atoms with Gasteiger partial charge in [-0.15, -0.1) is 34.4 Å². The van der Waals surface area contributed by atoms with E-state index < -0.39 is 0 Å². The number of aryl methyl sites for hydroxylation is 3. The van der Waals surface area contributed by atoms with Crippen LogP contribution in [0.5, 0.6) is 0 Å². The van der Waals surface area contributed by atoms with Gasteiger partial charge in [-0.25, -0.2) is 9.97 Å². The van der Waals surface area contributed by atoms with Crippen molar-refractivity contribution < 1.29 is 4.79 Å². The summed E-state index contributed by atoms with van der Waals surface area (Å²) < 4.78 is 0. The highest BCUT2D eigenvalue weighted by atomic mass is 32.2. The van der Waals surface area contributed by atoms with Crippen molar-refractivity contribution in [3.8, 4) is 0 Å². The van der Waals surface area contributed by atoms with Crippen molar-refractivity contribution in [1.82, 2.24) is 15.0 Å². The Balaban J connectivity index is 1.19. The van der Waals surface area contributed by atoms with Crippen LogP contribution in [0.4, 0.5) is 5.13 Å². The molecule has 31 heavy (non-hydrogen) atoms. The van der Waals surface area contributed by atoms with E-state index in [1.54, 1.807) is 22.7 Å². The van der Waals surface area contributed by atoms with Crippen LogP contribution in [-0.2, 0) is 36.2 Å². The molecule has 0 spiro atoms. The number of hydrogen-bond donors (Lipinski definition) is 2. The Hall–Kier alpha value is -1.71. The number of amides is 1. The van der Waals surface area contributed by atoms with Gasteiger partial charge in [0.15, 0.2) is 5.13 Å². The molecule has 0 aromatic carbocycles. The van der Waals surface area contributed by atoms with Crippen molar-refractivity contribution in [2.75, 3.05) is 11.1 Å². The van der Waals surface area contributed by atoms with Gasteiger partial charge in [0.2, 0.25) is 5.91 Å². The molecule has 164 valence electrons. The van der Waals surface area contributed by atoms with Crippen molar-refractivity contribution in [3.05, 3.63) is 37.2 Å². The second kappa shape index (κ2) is 9.03. The predicted octanol–water partition coefficient (Wildman–Crippen LogP) is 4.71. The number of hydrogen-bond acceptors (Lipinski definition) is 7. The maximum absolute atomic E-state index is 12.6. The molecule has 9 heteroatoms. The zero-order valence-electron chi connectivity index (χ0n) is 17.6. The van der Waals surface area contributed by atoms with Crippen molar-refractivity contribution in [1.29, 1.82) is 0 Å². The summed E-state index contributed by atoms with van der Waals surface area (Å²) in [7, 11) is 0. The molecule has 0 fully saturated rings. The fraction of sp³-hybridized carbons (Fsp3) is 0.545. The minimum atomic E-state index is -0.0573. The van der Waals surface area contributed by atoms with Gasteiger partial charge >= 0.3 is 0 Å². The summed E-state index contributed by atoms with van der Waals surface area (Å²) in [5, 5.41) is 4.44. The van der Waals surface area contributed by atoms with Crippen LogP contribution >= 0.6 is 34.4 Å². The van der Waals surface area contributed by atoms with Gasteiger partial charge in [-0.05, 0) is 56.4 Å². The lowest BCUT2D eigenvalue weighted by Crippen LogP contribution is -2.15. The number of nitrogens with one attached hydrogen (secondary N) is 2. The largest absolute Gasteiger partial charge is 0.309 e. The van der Waals surface area contributed by atoms with Crippen LogP contribution in [-0.4, -0.2) is 26.6 Å². The molecular weight excluding hydrogens is 448 g/mol. The van der Waals surface area contributed by atoms with E-state index in [1.165, 1.54) is 46.3 Å². The molecular formula is C22H26N4O2S3. The van der Waals surface area contributed by atoms with E-state index in [0.29, 0.717) is 22.5 Å². The second-order valence-electron chi connectivity index (χ2n) is 8.35.